The highest BCUT2D eigenvalue weighted by molar-refractivity contribution is 7.07. The van der Waals surface area contributed by atoms with Crippen LogP contribution in [0, 0.1) is 0 Å². The third-order valence-corrected chi connectivity index (χ3v) is 3.56. The smallest absolute Gasteiger partial charge is 0.0344 e. The summed E-state index contributed by atoms with van der Waals surface area (Å²) in [5.74, 6) is 0. The molecule has 84 valence electrons. The minimum absolute atomic E-state index is 0.124. The molecule has 0 amide bonds. The lowest BCUT2D eigenvalue weighted by Crippen LogP contribution is -2.12. The van der Waals surface area contributed by atoms with Crippen molar-refractivity contribution >= 4 is 11.3 Å². The molecule has 1 aromatic heterocycles. The van der Waals surface area contributed by atoms with Crippen LogP contribution in [0.3, 0.4) is 0 Å². The molecular formula is C14H17NS. The van der Waals surface area contributed by atoms with Crippen molar-refractivity contribution in [3.05, 3.63) is 57.8 Å². The van der Waals surface area contributed by atoms with E-state index in [4.69, 9.17) is 5.73 Å². The summed E-state index contributed by atoms with van der Waals surface area (Å²) in [6.45, 7) is 2.17. The van der Waals surface area contributed by atoms with Crippen LogP contribution in [0.4, 0.5) is 0 Å². The Labute approximate surface area is 101 Å². The number of hydrogen-bond donors (Lipinski definition) is 1. The van der Waals surface area contributed by atoms with Crippen molar-refractivity contribution < 1.29 is 0 Å². The van der Waals surface area contributed by atoms with Gasteiger partial charge >= 0.3 is 0 Å². The average Bonchev–Trinajstić information content (AvgIpc) is 2.83. The van der Waals surface area contributed by atoms with Crippen LogP contribution in [-0.2, 0) is 12.8 Å². The normalized spacial score (nSPS) is 12.6. The zero-order valence-electron chi connectivity index (χ0n) is 9.52. The zero-order valence-corrected chi connectivity index (χ0v) is 10.3. The van der Waals surface area contributed by atoms with Crippen molar-refractivity contribution in [2.24, 2.45) is 5.73 Å². The van der Waals surface area contributed by atoms with E-state index in [9.17, 15) is 0 Å². The first kappa shape index (κ1) is 11.4. The molecule has 2 heteroatoms. The summed E-state index contributed by atoms with van der Waals surface area (Å²) in [4.78, 5) is 0. The monoisotopic (exact) mass is 231 g/mol. The van der Waals surface area contributed by atoms with Gasteiger partial charge in [-0.3, -0.25) is 0 Å². The summed E-state index contributed by atoms with van der Waals surface area (Å²) < 4.78 is 0. The van der Waals surface area contributed by atoms with E-state index in [0.29, 0.717) is 0 Å². The quantitative estimate of drug-likeness (QED) is 0.855. The minimum Gasteiger partial charge on any atom is -0.324 e. The molecule has 16 heavy (non-hydrogen) atoms. The third-order valence-electron chi connectivity index (χ3n) is 2.86. The third kappa shape index (κ3) is 2.71. The summed E-state index contributed by atoms with van der Waals surface area (Å²) in [5.41, 5.74) is 10.1. The topological polar surface area (TPSA) is 26.0 Å². The van der Waals surface area contributed by atoms with Crippen molar-refractivity contribution in [1.82, 2.24) is 0 Å². The fraction of sp³-hybridized carbons (Fsp3) is 0.286. The molecule has 2 rings (SSSR count). The minimum atomic E-state index is 0.124. The van der Waals surface area contributed by atoms with Crippen LogP contribution in [0.2, 0.25) is 0 Å². The molecule has 1 heterocycles. The number of hydrogen-bond acceptors (Lipinski definition) is 2. The van der Waals surface area contributed by atoms with Gasteiger partial charge in [0.15, 0.2) is 0 Å². The van der Waals surface area contributed by atoms with Gasteiger partial charge < -0.3 is 5.73 Å². The first-order valence-electron chi connectivity index (χ1n) is 5.65. The van der Waals surface area contributed by atoms with Crippen LogP contribution in [0.5, 0.6) is 0 Å². The SMILES string of the molecule is CCc1ccc(CC(N)c2ccsc2)cc1. The van der Waals surface area contributed by atoms with Crippen LogP contribution < -0.4 is 5.73 Å². The molecule has 2 N–H and O–H groups in total. The number of aryl methyl sites for hydroxylation is 1. The molecule has 0 bridgehead atoms. The highest BCUT2D eigenvalue weighted by Crippen LogP contribution is 2.18. The Hall–Kier alpha value is -1.12. The van der Waals surface area contributed by atoms with E-state index in [1.807, 2.05) is 0 Å². The standard InChI is InChI=1S/C14H17NS/c1-2-11-3-5-12(6-4-11)9-14(15)13-7-8-16-10-13/h3-8,10,14H,2,9,15H2,1H3. The second kappa shape index (κ2) is 5.28. The van der Waals surface area contributed by atoms with E-state index >= 15 is 0 Å². The maximum Gasteiger partial charge on any atom is 0.0344 e. The molecule has 0 radical (unpaired) electrons. The lowest BCUT2D eigenvalue weighted by Gasteiger charge is -2.10. The van der Waals surface area contributed by atoms with Gasteiger partial charge in [-0.1, -0.05) is 31.2 Å². The van der Waals surface area contributed by atoms with Crippen LogP contribution in [0.25, 0.3) is 0 Å². The van der Waals surface area contributed by atoms with Gasteiger partial charge in [0.05, 0.1) is 0 Å². The number of nitrogens with two attached hydrogens (primary N) is 1. The Morgan fingerprint density at radius 2 is 1.81 bits per heavy atom. The lowest BCUT2D eigenvalue weighted by molar-refractivity contribution is 0.725. The summed E-state index contributed by atoms with van der Waals surface area (Å²) in [6.07, 6.45) is 2.01. The molecule has 1 nitrogen and oxygen atoms in total. The summed E-state index contributed by atoms with van der Waals surface area (Å²) in [6, 6.07) is 11.0. The van der Waals surface area contributed by atoms with Gasteiger partial charge in [0.25, 0.3) is 0 Å². The predicted octanol–water partition coefficient (Wildman–Crippen LogP) is 3.55. The van der Waals surface area contributed by atoms with E-state index in [1.54, 1.807) is 11.3 Å². The molecule has 1 atom stereocenters. The Kier molecular flexibility index (Phi) is 3.75. The van der Waals surface area contributed by atoms with Gasteiger partial charge in [-0.15, -0.1) is 0 Å². The van der Waals surface area contributed by atoms with Crippen LogP contribution in [0.15, 0.2) is 41.1 Å². The molecule has 0 saturated carbocycles. The highest BCUT2D eigenvalue weighted by atomic mass is 32.1. The van der Waals surface area contributed by atoms with Crippen molar-refractivity contribution in [1.29, 1.82) is 0 Å². The fourth-order valence-electron chi connectivity index (χ4n) is 1.77. The molecule has 0 aliphatic rings. The number of benzene rings is 1. The summed E-state index contributed by atoms with van der Waals surface area (Å²) in [7, 11) is 0. The second-order valence-electron chi connectivity index (χ2n) is 4.04. The maximum absolute atomic E-state index is 6.15. The van der Waals surface area contributed by atoms with E-state index in [2.05, 4.69) is 48.0 Å². The van der Waals surface area contributed by atoms with Gasteiger partial charge in [0.1, 0.15) is 0 Å². The van der Waals surface area contributed by atoms with Gasteiger partial charge in [-0.25, -0.2) is 0 Å². The van der Waals surface area contributed by atoms with Gasteiger partial charge in [-0.2, -0.15) is 11.3 Å². The highest BCUT2D eigenvalue weighted by Gasteiger charge is 2.06. The van der Waals surface area contributed by atoms with Crippen molar-refractivity contribution in [2.75, 3.05) is 0 Å². The summed E-state index contributed by atoms with van der Waals surface area (Å²) >= 11 is 1.70. The lowest BCUT2D eigenvalue weighted by atomic mass is 10.0. The average molecular weight is 231 g/mol. The fourth-order valence-corrected chi connectivity index (χ4v) is 2.49. The van der Waals surface area contributed by atoms with Gasteiger partial charge in [-0.05, 0) is 46.4 Å². The molecule has 1 unspecified atom stereocenters. The first-order valence-corrected chi connectivity index (χ1v) is 6.59. The molecule has 0 aliphatic carbocycles. The maximum atomic E-state index is 6.15. The van der Waals surface area contributed by atoms with E-state index in [1.165, 1.54) is 16.7 Å². The Morgan fingerprint density at radius 3 is 2.38 bits per heavy atom. The van der Waals surface area contributed by atoms with Crippen LogP contribution in [0.1, 0.15) is 29.7 Å². The molecule has 0 saturated heterocycles. The number of thiophene rings is 1. The van der Waals surface area contributed by atoms with Crippen LogP contribution in [-0.4, -0.2) is 0 Å². The van der Waals surface area contributed by atoms with Crippen molar-refractivity contribution in [2.45, 2.75) is 25.8 Å². The largest absolute Gasteiger partial charge is 0.324 e. The van der Waals surface area contributed by atoms with Crippen LogP contribution >= 0.6 is 11.3 Å². The van der Waals surface area contributed by atoms with E-state index in [0.717, 1.165) is 12.8 Å². The second-order valence-corrected chi connectivity index (χ2v) is 4.82. The van der Waals surface area contributed by atoms with E-state index < -0.39 is 0 Å². The Morgan fingerprint density at radius 1 is 1.12 bits per heavy atom. The molecule has 0 fully saturated rings. The molecule has 0 spiro atoms. The molecular weight excluding hydrogens is 214 g/mol. The van der Waals surface area contributed by atoms with Gasteiger partial charge in [0, 0.05) is 6.04 Å². The van der Waals surface area contributed by atoms with E-state index in [-0.39, 0.29) is 6.04 Å². The Balaban J connectivity index is 2.03. The zero-order chi connectivity index (χ0) is 11.4. The number of rotatable bonds is 4. The first-order chi connectivity index (χ1) is 7.79. The Bertz CT molecular complexity index is 417. The predicted molar refractivity (Wildman–Crippen MR) is 70.8 cm³/mol. The molecule has 2 aromatic rings. The van der Waals surface area contributed by atoms with Gasteiger partial charge in [0.2, 0.25) is 0 Å². The molecule has 0 aliphatic heterocycles. The van der Waals surface area contributed by atoms with Crippen molar-refractivity contribution in [3.8, 4) is 0 Å². The van der Waals surface area contributed by atoms with Crippen molar-refractivity contribution in [3.63, 3.8) is 0 Å². The summed E-state index contributed by atoms with van der Waals surface area (Å²) in [5, 5.41) is 4.21. The molecule has 1 aromatic carbocycles.